The number of carbonyl (C=O) groups excluding carboxylic acids is 1. The number of nitrogens with one attached hydrogen (secondary N) is 3. The van der Waals surface area contributed by atoms with Gasteiger partial charge >= 0.3 is 0 Å². The Balaban J connectivity index is 1.25. The Hall–Kier alpha value is -3.47. The lowest BCUT2D eigenvalue weighted by molar-refractivity contribution is -0.126. The average molecular weight is 593 g/mol. The van der Waals surface area contributed by atoms with Crippen LogP contribution in [0.3, 0.4) is 0 Å². The molecule has 6 rings (SSSR count). The third kappa shape index (κ3) is 5.82. The van der Waals surface area contributed by atoms with Gasteiger partial charge < -0.3 is 16.0 Å². The SMILES string of the molecule is O=C(NC1CCCC(Nc2ncc(Cl)c(-c3cn(S(=O)(=O)c4ccccc4)c4ccccc34)n2)C1)C1CCCNC1. The van der Waals surface area contributed by atoms with Crippen LogP contribution in [0.1, 0.15) is 38.5 Å². The summed E-state index contributed by atoms with van der Waals surface area (Å²) in [7, 11) is -3.85. The molecule has 0 spiro atoms. The van der Waals surface area contributed by atoms with Gasteiger partial charge in [0.15, 0.2) is 0 Å². The van der Waals surface area contributed by atoms with Gasteiger partial charge in [-0.2, -0.15) is 0 Å². The summed E-state index contributed by atoms with van der Waals surface area (Å²) in [4.78, 5) is 22.2. The summed E-state index contributed by atoms with van der Waals surface area (Å²) < 4.78 is 28.4. The van der Waals surface area contributed by atoms with Crippen LogP contribution in [0, 0.1) is 5.92 Å². The van der Waals surface area contributed by atoms with Crippen LogP contribution in [0.2, 0.25) is 5.02 Å². The number of aromatic nitrogens is 3. The number of rotatable bonds is 7. The molecule has 3 heterocycles. The van der Waals surface area contributed by atoms with Crippen molar-refractivity contribution >= 4 is 44.4 Å². The Morgan fingerprint density at radius 3 is 2.59 bits per heavy atom. The van der Waals surface area contributed by atoms with Gasteiger partial charge in [-0.3, -0.25) is 4.79 Å². The number of benzene rings is 2. The van der Waals surface area contributed by atoms with Crippen LogP contribution in [0.15, 0.2) is 71.9 Å². The molecule has 1 amide bonds. The van der Waals surface area contributed by atoms with Crippen molar-refractivity contribution in [1.29, 1.82) is 0 Å². The van der Waals surface area contributed by atoms with E-state index in [0.29, 0.717) is 27.7 Å². The number of hydrogen-bond donors (Lipinski definition) is 3. The number of fused-ring (bicyclic) bond motifs is 1. The molecule has 0 radical (unpaired) electrons. The fourth-order valence-electron chi connectivity index (χ4n) is 5.90. The summed E-state index contributed by atoms with van der Waals surface area (Å²) in [6, 6.07) is 15.8. The molecule has 2 aliphatic rings. The van der Waals surface area contributed by atoms with Crippen LogP contribution >= 0.6 is 11.6 Å². The van der Waals surface area contributed by atoms with Crippen molar-refractivity contribution in [1.82, 2.24) is 24.6 Å². The summed E-state index contributed by atoms with van der Waals surface area (Å²) in [5, 5.41) is 11.1. The molecule has 3 atom stereocenters. The van der Waals surface area contributed by atoms with E-state index >= 15 is 0 Å². The number of amides is 1. The fourth-order valence-corrected chi connectivity index (χ4v) is 7.48. The molecule has 41 heavy (non-hydrogen) atoms. The van der Waals surface area contributed by atoms with Crippen molar-refractivity contribution in [3.05, 3.63) is 72.0 Å². The smallest absolute Gasteiger partial charge is 0.268 e. The summed E-state index contributed by atoms with van der Waals surface area (Å²) in [6.07, 6.45) is 8.73. The molecular weight excluding hydrogens is 560 g/mol. The Morgan fingerprint density at radius 2 is 1.78 bits per heavy atom. The molecule has 2 fully saturated rings. The van der Waals surface area contributed by atoms with Crippen LogP contribution in [0.5, 0.6) is 0 Å². The lowest BCUT2D eigenvalue weighted by Crippen LogP contribution is -2.47. The molecule has 3 N–H and O–H groups in total. The maximum atomic E-state index is 13.6. The van der Waals surface area contributed by atoms with Gasteiger partial charge in [0, 0.05) is 35.8 Å². The largest absolute Gasteiger partial charge is 0.353 e. The molecule has 2 aromatic heterocycles. The van der Waals surface area contributed by atoms with E-state index in [4.69, 9.17) is 16.6 Å². The topological polar surface area (TPSA) is 118 Å². The minimum atomic E-state index is -3.85. The van der Waals surface area contributed by atoms with E-state index < -0.39 is 10.0 Å². The normalized spacial score (nSPS) is 21.4. The summed E-state index contributed by atoms with van der Waals surface area (Å²) in [6.45, 7) is 1.72. The molecule has 3 unspecified atom stereocenters. The molecule has 4 aromatic rings. The van der Waals surface area contributed by atoms with Crippen molar-refractivity contribution in [2.75, 3.05) is 18.4 Å². The van der Waals surface area contributed by atoms with Crippen LogP contribution in [-0.4, -0.2) is 53.4 Å². The number of carbonyl (C=O) groups is 1. The van der Waals surface area contributed by atoms with E-state index in [1.54, 1.807) is 54.9 Å². The van der Waals surface area contributed by atoms with E-state index in [1.165, 1.54) is 3.97 Å². The second-order valence-electron chi connectivity index (χ2n) is 10.8. The lowest BCUT2D eigenvalue weighted by Gasteiger charge is -2.32. The van der Waals surface area contributed by atoms with Gasteiger partial charge in [0.05, 0.1) is 33.2 Å². The van der Waals surface area contributed by atoms with Gasteiger partial charge in [-0.25, -0.2) is 22.4 Å². The molecule has 1 saturated heterocycles. The van der Waals surface area contributed by atoms with Gasteiger partial charge in [-0.15, -0.1) is 0 Å². The number of piperidine rings is 1. The summed E-state index contributed by atoms with van der Waals surface area (Å²) in [5.41, 5.74) is 1.59. The van der Waals surface area contributed by atoms with Crippen LogP contribution in [0.25, 0.3) is 22.2 Å². The molecule has 1 aliphatic carbocycles. The van der Waals surface area contributed by atoms with E-state index in [9.17, 15) is 13.2 Å². The maximum absolute atomic E-state index is 13.6. The fraction of sp³-hybridized carbons (Fsp3) is 0.367. The highest BCUT2D eigenvalue weighted by molar-refractivity contribution is 7.90. The number of hydrogen-bond acceptors (Lipinski definition) is 7. The first kappa shape index (κ1) is 27.7. The predicted octanol–water partition coefficient (Wildman–Crippen LogP) is 4.83. The summed E-state index contributed by atoms with van der Waals surface area (Å²) in [5.74, 6) is 0.586. The van der Waals surface area contributed by atoms with Crippen LogP contribution in [-0.2, 0) is 14.8 Å². The van der Waals surface area contributed by atoms with Crippen molar-refractivity contribution in [3.63, 3.8) is 0 Å². The van der Waals surface area contributed by atoms with Crippen LogP contribution in [0.4, 0.5) is 5.95 Å². The van der Waals surface area contributed by atoms with Crippen molar-refractivity contribution in [2.45, 2.75) is 55.5 Å². The van der Waals surface area contributed by atoms with E-state index in [1.807, 2.05) is 12.1 Å². The zero-order valence-corrected chi connectivity index (χ0v) is 24.2. The Morgan fingerprint density at radius 1 is 1.00 bits per heavy atom. The highest BCUT2D eigenvalue weighted by atomic mass is 35.5. The molecule has 1 aliphatic heterocycles. The van der Waals surface area contributed by atoms with Crippen molar-refractivity contribution in [3.8, 4) is 11.3 Å². The monoisotopic (exact) mass is 592 g/mol. The van der Waals surface area contributed by atoms with E-state index in [-0.39, 0.29) is 28.8 Å². The molecule has 214 valence electrons. The minimum absolute atomic E-state index is 0.0343. The van der Waals surface area contributed by atoms with E-state index in [0.717, 1.165) is 57.0 Å². The number of nitrogens with zero attached hydrogens (tertiary/aromatic N) is 3. The second kappa shape index (κ2) is 11.8. The number of halogens is 1. The lowest BCUT2D eigenvalue weighted by atomic mass is 9.90. The maximum Gasteiger partial charge on any atom is 0.268 e. The quantitative estimate of drug-likeness (QED) is 0.281. The van der Waals surface area contributed by atoms with Gasteiger partial charge in [0.25, 0.3) is 10.0 Å². The molecule has 9 nitrogen and oxygen atoms in total. The first-order chi connectivity index (χ1) is 19.9. The first-order valence-electron chi connectivity index (χ1n) is 14.1. The molecule has 2 aromatic carbocycles. The van der Waals surface area contributed by atoms with Crippen LogP contribution < -0.4 is 16.0 Å². The Kier molecular flexibility index (Phi) is 7.96. The minimum Gasteiger partial charge on any atom is -0.353 e. The van der Waals surface area contributed by atoms with Crippen molar-refractivity contribution < 1.29 is 13.2 Å². The Labute approximate surface area is 244 Å². The highest BCUT2D eigenvalue weighted by Gasteiger charge is 2.28. The van der Waals surface area contributed by atoms with E-state index in [2.05, 4.69) is 20.9 Å². The zero-order valence-electron chi connectivity index (χ0n) is 22.6. The third-order valence-electron chi connectivity index (χ3n) is 8.00. The van der Waals surface area contributed by atoms with Gasteiger partial charge in [0.2, 0.25) is 11.9 Å². The standard InChI is InChI=1S/C30H33ClN6O3S/c31-26-18-33-30(35-22-10-6-9-21(16-22)34-29(38)20-8-7-15-32-17-20)36-28(26)25-19-37(27-14-5-4-13-24(25)27)41(39,40)23-11-2-1-3-12-23/h1-5,11-14,18-22,32H,6-10,15-17H2,(H,34,38)(H,33,35,36). The summed E-state index contributed by atoms with van der Waals surface area (Å²) >= 11 is 6.60. The second-order valence-corrected chi connectivity index (χ2v) is 13.0. The zero-order chi connectivity index (χ0) is 28.4. The molecule has 0 bridgehead atoms. The molecular formula is C30H33ClN6O3S. The van der Waals surface area contributed by atoms with Gasteiger partial charge in [-0.1, -0.05) is 48.0 Å². The number of para-hydroxylation sites is 1. The average Bonchev–Trinajstić information content (AvgIpc) is 3.40. The Bertz CT molecular complexity index is 1650. The van der Waals surface area contributed by atoms with Gasteiger partial charge in [0.1, 0.15) is 0 Å². The first-order valence-corrected chi connectivity index (χ1v) is 15.9. The predicted molar refractivity (Wildman–Crippen MR) is 160 cm³/mol. The third-order valence-corrected chi connectivity index (χ3v) is 9.96. The van der Waals surface area contributed by atoms with Gasteiger partial charge in [-0.05, 0) is 63.3 Å². The number of anilines is 1. The highest BCUT2D eigenvalue weighted by Crippen LogP contribution is 2.36. The van der Waals surface area contributed by atoms with Crippen molar-refractivity contribution in [2.24, 2.45) is 5.92 Å². The molecule has 11 heteroatoms. The molecule has 1 saturated carbocycles.